The molecule has 0 aromatic carbocycles. The molecule has 1 aromatic rings. The highest BCUT2D eigenvalue weighted by molar-refractivity contribution is 7.84. The van der Waals surface area contributed by atoms with E-state index in [0.29, 0.717) is 18.0 Å². The minimum Gasteiger partial charge on any atom is -0.376 e. The maximum absolute atomic E-state index is 13.2. The molecule has 7 heteroatoms. The van der Waals surface area contributed by atoms with Crippen molar-refractivity contribution in [3.63, 3.8) is 0 Å². The van der Waals surface area contributed by atoms with Gasteiger partial charge in [-0.25, -0.2) is 0 Å². The van der Waals surface area contributed by atoms with Crippen LogP contribution in [0.3, 0.4) is 0 Å². The van der Waals surface area contributed by atoms with Gasteiger partial charge in [-0.3, -0.25) is 14.0 Å². The van der Waals surface area contributed by atoms with E-state index in [1.807, 2.05) is 11.0 Å². The largest absolute Gasteiger partial charge is 0.376 e. The van der Waals surface area contributed by atoms with E-state index in [1.165, 1.54) is 12.8 Å². The molecule has 1 aliphatic carbocycles. The van der Waals surface area contributed by atoms with E-state index in [0.717, 1.165) is 44.1 Å². The Morgan fingerprint density at radius 2 is 2.07 bits per heavy atom. The van der Waals surface area contributed by atoms with E-state index in [4.69, 9.17) is 4.74 Å². The zero-order valence-corrected chi connectivity index (χ0v) is 19.4. The lowest BCUT2D eigenvalue weighted by Gasteiger charge is -2.42. The number of piperidine rings is 1. The number of hydrogen-bond acceptors (Lipinski definition) is 5. The summed E-state index contributed by atoms with van der Waals surface area (Å²) in [6, 6.07) is 3.65. The molecule has 2 aliphatic rings. The van der Waals surface area contributed by atoms with Crippen LogP contribution in [-0.2, 0) is 15.5 Å². The van der Waals surface area contributed by atoms with Crippen LogP contribution in [0.2, 0.25) is 0 Å². The number of likely N-dealkylation sites (tertiary alicyclic amines) is 1. The summed E-state index contributed by atoms with van der Waals surface area (Å²) in [4.78, 5) is 19.3. The Labute approximate surface area is 183 Å². The molecule has 3 unspecified atom stereocenters. The number of rotatable bonds is 8. The van der Waals surface area contributed by atoms with Crippen LogP contribution in [0.1, 0.15) is 62.7 Å². The Hall–Kier alpha value is -1.31. The predicted molar refractivity (Wildman–Crippen MR) is 121 cm³/mol. The SMILES string of the molecule is CC(C)C1CCC(OCC2C(NCS(C)=O)CCCN2C(=O)c2cccnc2)CC1. The van der Waals surface area contributed by atoms with E-state index in [-0.39, 0.29) is 24.1 Å². The van der Waals surface area contributed by atoms with E-state index in [2.05, 4.69) is 24.1 Å². The normalized spacial score (nSPS) is 28.5. The van der Waals surface area contributed by atoms with Gasteiger partial charge < -0.3 is 15.0 Å². The molecule has 1 saturated heterocycles. The van der Waals surface area contributed by atoms with E-state index >= 15 is 0 Å². The summed E-state index contributed by atoms with van der Waals surface area (Å²) in [7, 11) is -0.922. The number of hydrogen-bond donors (Lipinski definition) is 1. The molecular weight excluding hydrogens is 398 g/mol. The van der Waals surface area contributed by atoms with Crippen molar-refractivity contribution in [2.75, 3.05) is 25.3 Å². The third-order valence-corrected chi connectivity index (χ3v) is 7.23. The van der Waals surface area contributed by atoms with E-state index in [1.54, 1.807) is 24.7 Å². The van der Waals surface area contributed by atoms with Crippen LogP contribution in [0.4, 0.5) is 0 Å². The topological polar surface area (TPSA) is 71.5 Å². The fraction of sp³-hybridized carbons (Fsp3) is 0.739. The van der Waals surface area contributed by atoms with Crippen LogP contribution in [0.25, 0.3) is 0 Å². The minimum atomic E-state index is -0.922. The second-order valence-corrected chi connectivity index (χ2v) is 10.5. The molecule has 2 fully saturated rings. The highest BCUT2D eigenvalue weighted by atomic mass is 32.2. The standard InChI is InChI=1S/C23H37N3O3S/c1-17(2)18-8-10-20(11-9-18)29-15-22-21(25-16-30(3)28)7-5-13-26(22)23(27)19-6-4-12-24-14-19/h4,6,12,14,17-18,20-22,25H,5,7-11,13,15-16H2,1-3H3. The first kappa shape index (κ1) is 23.4. The molecule has 0 radical (unpaired) electrons. The first-order chi connectivity index (χ1) is 14.5. The van der Waals surface area contributed by atoms with Crippen LogP contribution in [0.5, 0.6) is 0 Å². The van der Waals surface area contributed by atoms with Crippen molar-refractivity contribution in [2.45, 2.75) is 70.6 Å². The number of aromatic nitrogens is 1. The maximum Gasteiger partial charge on any atom is 0.255 e. The Kier molecular flexibility index (Phi) is 8.84. The first-order valence-corrected chi connectivity index (χ1v) is 13.0. The van der Waals surface area contributed by atoms with Crippen LogP contribution in [0.15, 0.2) is 24.5 Å². The zero-order valence-electron chi connectivity index (χ0n) is 18.6. The summed E-state index contributed by atoms with van der Waals surface area (Å²) in [6.07, 6.45) is 11.8. The highest BCUT2D eigenvalue weighted by Crippen LogP contribution is 2.32. The first-order valence-electron chi connectivity index (χ1n) is 11.3. The van der Waals surface area contributed by atoms with Crippen molar-refractivity contribution in [3.8, 4) is 0 Å². The van der Waals surface area contributed by atoms with Gasteiger partial charge in [-0.2, -0.15) is 0 Å². The molecule has 1 aliphatic heterocycles. The number of amides is 1. The molecule has 1 saturated carbocycles. The Balaban J connectivity index is 1.66. The minimum absolute atomic E-state index is 0.00402. The number of ether oxygens (including phenoxy) is 1. The molecule has 6 nitrogen and oxygen atoms in total. The number of nitrogens with one attached hydrogen (secondary N) is 1. The van der Waals surface area contributed by atoms with Crippen molar-refractivity contribution in [1.82, 2.24) is 15.2 Å². The second-order valence-electron chi connectivity index (χ2n) is 9.09. The lowest BCUT2D eigenvalue weighted by Crippen LogP contribution is -2.58. The van der Waals surface area contributed by atoms with Gasteiger partial charge in [-0.05, 0) is 62.5 Å². The van der Waals surface area contributed by atoms with Gasteiger partial charge in [-0.15, -0.1) is 0 Å². The molecular formula is C23H37N3O3S. The fourth-order valence-corrected chi connectivity index (χ4v) is 5.24. The summed E-state index contributed by atoms with van der Waals surface area (Å²) in [5.74, 6) is 1.98. The van der Waals surface area contributed by atoms with Gasteiger partial charge in [0.1, 0.15) is 0 Å². The molecule has 2 heterocycles. The van der Waals surface area contributed by atoms with Gasteiger partial charge in [0, 0.05) is 42.0 Å². The van der Waals surface area contributed by atoms with Crippen LogP contribution < -0.4 is 5.32 Å². The van der Waals surface area contributed by atoms with Crippen molar-refractivity contribution in [1.29, 1.82) is 0 Å². The fourth-order valence-electron chi connectivity index (χ4n) is 4.79. The molecule has 3 rings (SSSR count). The quantitative estimate of drug-likeness (QED) is 0.679. The van der Waals surface area contributed by atoms with Gasteiger partial charge >= 0.3 is 0 Å². The number of nitrogens with zero attached hydrogens (tertiary/aromatic N) is 2. The average molecular weight is 436 g/mol. The van der Waals surface area contributed by atoms with Crippen molar-refractivity contribution in [2.24, 2.45) is 11.8 Å². The van der Waals surface area contributed by atoms with Crippen LogP contribution >= 0.6 is 0 Å². The number of pyridine rings is 1. The molecule has 1 N–H and O–H groups in total. The third kappa shape index (κ3) is 6.34. The Morgan fingerprint density at radius 1 is 1.30 bits per heavy atom. The smallest absolute Gasteiger partial charge is 0.255 e. The summed E-state index contributed by atoms with van der Waals surface area (Å²) < 4.78 is 18.0. The monoisotopic (exact) mass is 435 g/mol. The molecule has 1 amide bonds. The maximum atomic E-state index is 13.2. The van der Waals surface area contributed by atoms with Gasteiger partial charge in [-0.1, -0.05) is 13.8 Å². The lowest BCUT2D eigenvalue weighted by atomic mass is 9.80. The van der Waals surface area contributed by atoms with Crippen molar-refractivity contribution >= 4 is 16.7 Å². The van der Waals surface area contributed by atoms with Crippen LogP contribution in [0, 0.1) is 11.8 Å². The van der Waals surface area contributed by atoms with Crippen molar-refractivity contribution < 1.29 is 13.7 Å². The van der Waals surface area contributed by atoms with E-state index in [9.17, 15) is 9.00 Å². The zero-order chi connectivity index (χ0) is 21.5. The number of carbonyl (C=O) groups excluding carboxylic acids is 1. The van der Waals surface area contributed by atoms with Crippen molar-refractivity contribution in [3.05, 3.63) is 30.1 Å². The summed E-state index contributed by atoms with van der Waals surface area (Å²) in [5, 5.41) is 3.43. The molecule has 1 aromatic heterocycles. The molecule has 0 spiro atoms. The average Bonchev–Trinajstić information content (AvgIpc) is 2.76. The second kappa shape index (κ2) is 11.3. The molecule has 3 atom stereocenters. The lowest BCUT2D eigenvalue weighted by molar-refractivity contribution is -0.0297. The number of carbonyl (C=O) groups is 1. The van der Waals surface area contributed by atoms with Gasteiger partial charge in [0.05, 0.1) is 30.2 Å². The summed E-state index contributed by atoms with van der Waals surface area (Å²) in [5.41, 5.74) is 0.611. The highest BCUT2D eigenvalue weighted by Gasteiger charge is 2.36. The Morgan fingerprint density at radius 3 is 2.70 bits per heavy atom. The Bertz CT molecular complexity index is 692. The third-order valence-electron chi connectivity index (χ3n) is 6.66. The predicted octanol–water partition coefficient (Wildman–Crippen LogP) is 3.21. The van der Waals surface area contributed by atoms with Gasteiger partial charge in [0.15, 0.2) is 0 Å². The summed E-state index contributed by atoms with van der Waals surface area (Å²) >= 11 is 0. The summed E-state index contributed by atoms with van der Waals surface area (Å²) in [6.45, 7) is 5.86. The van der Waals surface area contributed by atoms with E-state index < -0.39 is 10.8 Å². The van der Waals surface area contributed by atoms with Gasteiger partial charge in [0.2, 0.25) is 0 Å². The molecule has 168 valence electrons. The molecule has 0 bridgehead atoms. The molecule has 30 heavy (non-hydrogen) atoms. The van der Waals surface area contributed by atoms with Gasteiger partial charge in [0.25, 0.3) is 5.91 Å². The van der Waals surface area contributed by atoms with Crippen LogP contribution in [-0.4, -0.2) is 63.5 Å².